The van der Waals surface area contributed by atoms with Gasteiger partial charge in [0.1, 0.15) is 11.6 Å². The van der Waals surface area contributed by atoms with E-state index in [0.29, 0.717) is 25.9 Å². The molecule has 0 spiro atoms. The molecule has 1 amide bonds. The molecule has 1 atom stereocenters. The predicted octanol–water partition coefficient (Wildman–Crippen LogP) is 1.29. The number of nitrogens with one attached hydrogen (secondary N) is 1. The fourth-order valence-corrected chi connectivity index (χ4v) is 5.10. The first kappa shape index (κ1) is 22.3. The zero-order valence-corrected chi connectivity index (χ0v) is 17.8. The Morgan fingerprint density at radius 1 is 1.25 bits per heavy atom. The molecule has 0 unspecified atom stereocenters. The molecule has 0 aliphatic heterocycles. The van der Waals surface area contributed by atoms with Gasteiger partial charge in [0, 0.05) is 18.7 Å². The summed E-state index contributed by atoms with van der Waals surface area (Å²) >= 11 is 0. The highest BCUT2D eigenvalue weighted by Gasteiger charge is 2.35. The first-order chi connectivity index (χ1) is 13.3. The standard InChI is InChI=1S/C20H30N4O3S/c1-4-24(5-2)28(26,27)18-10-8-17(9-11-18)16(3)22-14-19(25)23-20(15-21)12-6-7-13-20/h8-11,16,22H,4-7,12-14H2,1-3H3,(H,23,25)/p+1/t16-/m0/s1. The molecule has 1 saturated carbocycles. The fourth-order valence-electron chi connectivity index (χ4n) is 3.64. The minimum absolute atomic E-state index is 0.00225. The van der Waals surface area contributed by atoms with Gasteiger partial charge in [0.2, 0.25) is 10.0 Å². The van der Waals surface area contributed by atoms with Gasteiger partial charge in [-0.25, -0.2) is 8.42 Å². The summed E-state index contributed by atoms with van der Waals surface area (Å²) in [6.07, 6.45) is 3.37. The van der Waals surface area contributed by atoms with Crippen molar-refractivity contribution in [3.8, 4) is 6.07 Å². The van der Waals surface area contributed by atoms with Gasteiger partial charge in [-0.15, -0.1) is 0 Å². The molecule has 7 nitrogen and oxygen atoms in total. The Balaban J connectivity index is 1.95. The van der Waals surface area contributed by atoms with Crippen molar-refractivity contribution < 1.29 is 18.5 Å². The van der Waals surface area contributed by atoms with Crippen LogP contribution in [0.1, 0.15) is 58.1 Å². The zero-order valence-electron chi connectivity index (χ0n) is 16.9. The van der Waals surface area contributed by atoms with Gasteiger partial charge in [0.25, 0.3) is 5.91 Å². The lowest BCUT2D eigenvalue weighted by Gasteiger charge is -2.22. The van der Waals surface area contributed by atoms with E-state index in [4.69, 9.17) is 0 Å². The highest BCUT2D eigenvalue weighted by atomic mass is 32.2. The predicted molar refractivity (Wildman–Crippen MR) is 107 cm³/mol. The minimum atomic E-state index is -3.46. The third-order valence-corrected chi connectivity index (χ3v) is 7.52. The molecule has 1 aromatic carbocycles. The van der Waals surface area contributed by atoms with Crippen LogP contribution in [0.15, 0.2) is 29.2 Å². The van der Waals surface area contributed by atoms with Crippen LogP contribution in [0.4, 0.5) is 0 Å². The Bertz CT molecular complexity index is 805. The van der Waals surface area contributed by atoms with Crippen molar-refractivity contribution in [2.24, 2.45) is 0 Å². The van der Waals surface area contributed by atoms with E-state index >= 15 is 0 Å². The lowest BCUT2D eigenvalue weighted by molar-refractivity contribution is -0.682. The van der Waals surface area contributed by atoms with Crippen LogP contribution in [-0.2, 0) is 14.8 Å². The molecule has 8 heteroatoms. The van der Waals surface area contributed by atoms with E-state index in [0.717, 1.165) is 18.4 Å². The molecule has 1 aromatic rings. The molecular weight excluding hydrogens is 376 g/mol. The Morgan fingerprint density at radius 3 is 2.32 bits per heavy atom. The molecule has 2 rings (SSSR count). The fraction of sp³-hybridized carbons (Fsp3) is 0.600. The summed E-state index contributed by atoms with van der Waals surface area (Å²) in [5, 5.41) is 14.1. The van der Waals surface area contributed by atoms with Gasteiger partial charge in [-0.05, 0) is 44.7 Å². The van der Waals surface area contributed by atoms with Crippen molar-refractivity contribution in [2.45, 2.75) is 62.9 Å². The van der Waals surface area contributed by atoms with Crippen LogP contribution in [-0.4, -0.2) is 43.8 Å². The van der Waals surface area contributed by atoms with E-state index < -0.39 is 15.6 Å². The van der Waals surface area contributed by atoms with Crippen molar-refractivity contribution in [1.82, 2.24) is 9.62 Å². The number of nitriles is 1. The Morgan fingerprint density at radius 2 is 1.82 bits per heavy atom. The molecular formula is C20H31N4O3S+. The van der Waals surface area contributed by atoms with Crippen LogP contribution in [0.5, 0.6) is 0 Å². The molecule has 1 aliphatic carbocycles. The molecule has 0 aromatic heterocycles. The SMILES string of the molecule is CCN(CC)S(=O)(=O)c1ccc([C@H](C)[NH2+]CC(=O)NC2(C#N)CCCC2)cc1. The van der Waals surface area contributed by atoms with Gasteiger partial charge in [-0.2, -0.15) is 9.57 Å². The summed E-state index contributed by atoms with van der Waals surface area (Å²) in [6.45, 7) is 6.70. The van der Waals surface area contributed by atoms with E-state index in [2.05, 4.69) is 11.4 Å². The summed E-state index contributed by atoms with van der Waals surface area (Å²) in [5.41, 5.74) is 0.247. The maximum atomic E-state index is 12.6. The lowest BCUT2D eigenvalue weighted by atomic mass is 10.00. The van der Waals surface area contributed by atoms with Crippen molar-refractivity contribution in [2.75, 3.05) is 19.6 Å². The lowest BCUT2D eigenvalue weighted by Crippen LogP contribution is -2.87. The monoisotopic (exact) mass is 407 g/mol. The number of carbonyl (C=O) groups is 1. The number of nitrogens with two attached hydrogens (primary N) is 1. The average Bonchev–Trinajstić information content (AvgIpc) is 3.16. The topological polar surface area (TPSA) is 107 Å². The van der Waals surface area contributed by atoms with Gasteiger partial charge in [0.05, 0.1) is 11.0 Å². The molecule has 28 heavy (non-hydrogen) atoms. The first-order valence-corrected chi connectivity index (χ1v) is 11.4. The largest absolute Gasteiger partial charge is 0.333 e. The van der Waals surface area contributed by atoms with Crippen LogP contribution in [0.3, 0.4) is 0 Å². The third-order valence-electron chi connectivity index (χ3n) is 5.46. The molecule has 0 bridgehead atoms. The normalized spacial score (nSPS) is 17.2. The number of benzene rings is 1. The number of sulfonamides is 1. The number of rotatable bonds is 9. The molecule has 154 valence electrons. The van der Waals surface area contributed by atoms with Crippen LogP contribution in [0.25, 0.3) is 0 Å². The van der Waals surface area contributed by atoms with E-state index in [1.165, 1.54) is 4.31 Å². The van der Waals surface area contributed by atoms with Crippen LogP contribution in [0, 0.1) is 11.3 Å². The van der Waals surface area contributed by atoms with E-state index in [1.807, 2.05) is 26.1 Å². The van der Waals surface area contributed by atoms with Gasteiger partial charge < -0.3 is 10.6 Å². The van der Waals surface area contributed by atoms with E-state index in [9.17, 15) is 18.5 Å². The van der Waals surface area contributed by atoms with E-state index in [1.54, 1.807) is 24.3 Å². The van der Waals surface area contributed by atoms with Gasteiger partial charge >= 0.3 is 0 Å². The van der Waals surface area contributed by atoms with E-state index in [-0.39, 0.29) is 23.4 Å². The van der Waals surface area contributed by atoms with Crippen molar-refractivity contribution in [3.63, 3.8) is 0 Å². The highest BCUT2D eigenvalue weighted by molar-refractivity contribution is 7.89. The van der Waals surface area contributed by atoms with Crippen LogP contribution < -0.4 is 10.6 Å². The third kappa shape index (κ3) is 5.10. The molecule has 1 aliphatic rings. The van der Waals surface area contributed by atoms with Gasteiger partial charge in [-0.3, -0.25) is 4.79 Å². The number of hydrogen-bond donors (Lipinski definition) is 2. The number of quaternary nitrogens is 1. The van der Waals surface area contributed by atoms with Gasteiger partial charge in [0.15, 0.2) is 6.54 Å². The summed E-state index contributed by atoms with van der Waals surface area (Å²) in [5.74, 6) is -0.143. The minimum Gasteiger partial charge on any atom is -0.333 e. The second kappa shape index (κ2) is 9.50. The van der Waals surface area contributed by atoms with Crippen molar-refractivity contribution >= 4 is 15.9 Å². The van der Waals surface area contributed by atoms with Crippen molar-refractivity contribution in [3.05, 3.63) is 29.8 Å². The van der Waals surface area contributed by atoms with Crippen molar-refractivity contribution in [1.29, 1.82) is 5.26 Å². The Kier molecular flexibility index (Phi) is 7.58. The van der Waals surface area contributed by atoms with Crippen LogP contribution in [0.2, 0.25) is 0 Å². The second-order valence-electron chi connectivity index (χ2n) is 7.34. The summed E-state index contributed by atoms with van der Waals surface area (Å²) in [6, 6.07) is 9.09. The quantitative estimate of drug-likeness (QED) is 0.643. The zero-order chi connectivity index (χ0) is 20.8. The second-order valence-corrected chi connectivity index (χ2v) is 9.27. The highest BCUT2D eigenvalue weighted by Crippen LogP contribution is 2.28. The summed E-state index contributed by atoms with van der Waals surface area (Å²) in [7, 11) is -3.46. The summed E-state index contributed by atoms with van der Waals surface area (Å²) in [4.78, 5) is 12.5. The maximum Gasteiger partial charge on any atom is 0.276 e. The average molecular weight is 408 g/mol. The molecule has 1 fully saturated rings. The molecule has 3 N–H and O–H groups in total. The smallest absolute Gasteiger partial charge is 0.276 e. The van der Waals surface area contributed by atoms with Crippen LogP contribution >= 0.6 is 0 Å². The number of carbonyl (C=O) groups excluding carboxylic acids is 1. The number of nitrogens with zero attached hydrogens (tertiary/aromatic N) is 2. The Labute approximate surface area is 168 Å². The summed E-state index contributed by atoms with van der Waals surface area (Å²) < 4.78 is 26.5. The molecule has 0 saturated heterocycles. The Hall–Kier alpha value is -1.95. The molecule has 0 radical (unpaired) electrons. The maximum absolute atomic E-state index is 12.6. The first-order valence-electron chi connectivity index (χ1n) is 9.93. The number of hydrogen-bond acceptors (Lipinski definition) is 4. The molecule has 0 heterocycles. The number of amides is 1. The van der Waals surface area contributed by atoms with Gasteiger partial charge in [-0.1, -0.05) is 26.0 Å².